The monoisotopic (exact) mass is 412 g/mol. The van der Waals surface area contributed by atoms with Gasteiger partial charge in [0.15, 0.2) is 0 Å². The van der Waals surface area contributed by atoms with Crippen molar-refractivity contribution < 1.29 is 9.53 Å². The van der Waals surface area contributed by atoms with E-state index < -0.39 is 0 Å². The lowest BCUT2D eigenvalue weighted by Gasteiger charge is -2.39. The van der Waals surface area contributed by atoms with Gasteiger partial charge in [-0.1, -0.05) is 58.2 Å². The maximum absolute atomic E-state index is 13.2. The topological polar surface area (TPSA) is 41.6 Å². The lowest BCUT2D eigenvalue weighted by Crippen LogP contribution is -2.46. The minimum atomic E-state index is 0.0271. The largest absolute Gasteiger partial charge is 0.376 e. The van der Waals surface area contributed by atoms with Crippen LogP contribution in [0.1, 0.15) is 77.7 Å². The molecular weight excluding hydrogens is 372 g/mol. The van der Waals surface area contributed by atoms with E-state index in [0.29, 0.717) is 30.7 Å². The fourth-order valence-electron chi connectivity index (χ4n) is 6.42. The van der Waals surface area contributed by atoms with Crippen molar-refractivity contribution in [3.8, 4) is 0 Å². The molecular formula is C26H40N2O2. The average molecular weight is 413 g/mol. The molecule has 0 radical (unpaired) electrons. The van der Waals surface area contributed by atoms with Crippen molar-refractivity contribution in [1.82, 2.24) is 4.90 Å². The first kappa shape index (κ1) is 21.7. The fraction of sp³-hybridized carbons (Fsp3) is 0.731. The van der Waals surface area contributed by atoms with Gasteiger partial charge in [0.25, 0.3) is 0 Å². The summed E-state index contributed by atoms with van der Waals surface area (Å²) < 4.78 is 6.50. The van der Waals surface area contributed by atoms with Crippen LogP contribution >= 0.6 is 0 Å². The van der Waals surface area contributed by atoms with Gasteiger partial charge in [-0.05, 0) is 67.4 Å². The summed E-state index contributed by atoms with van der Waals surface area (Å²) in [5.74, 6) is 0.784. The third-order valence-electron chi connectivity index (χ3n) is 9.03. The molecule has 4 nitrogen and oxygen atoms in total. The standard InChI is InChI=1S/C26H40N2O2/c1-19-10-8-9-13-22(19)27-24(29)28(21-11-6-5-7-12-21)16-17-30-23-18-20-14-15-26(23,4)25(20,2)3/h8-10,13,20-21,23H,5-7,11-12,14-18H2,1-4H3,(H,27,29). The van der Waals surface area contributed by atoms with Crippen molar-refractivity contribution in [2.24, 2.45) is 16.7 Å². The Labute approximate surface area is 182 Å². The number of para-hydroxylation sites is 1. The van der Waals surface area contributed by atoms with Gasteiger partial charge in [0.05, 0.1) is 12.7 Å². The van der Waals surface area contributed by atoms with Crippen molar-refractivity contribution in [3.63, 3.8) is 0 Å². The highest BCUT2D eigenvalue weighted by Gasteiger charge is 2.61. The third kappa shape index (κ3) is 3.88. The van der Waals surface area contributed by atoms with Gasteiger partial charge in [-0.2, -0.15) is 0 Å². The lowest BCUT2D eigenvalue weighted by molar-refractivity contribution is -0.0517. The number of nitrogens with zero attached hydrogens (tertiary/aromatic N) is 1. The molecule has 0 aliphatic heterocycles. The van der Waals surface area contributed by atoms with Crippen molar-refractivity contribution in [2.45, 2.75) is 91.2 Å². The zero-order valence-electron chi connectivity index (χ0n) is 19.4. The first-order valence-electron chi connectivity index (χ1n) is 12.1. The smallest absolute Gasteiger partial charge is 0.322 e. The van der Waals surface area contributed by atoms with Crippen molar-refractivity contribution >= 4 is 11.7 Å². The molecule has 3 aliphatic carbocycles. The molecule has 166 valence electrons. The number of nitrogens with one attached hydrogen (secondary N) is 1. The number of urea groups is 1. The summed E-state index contributed by atoms with van der Waals surface area (Å²) >= 11 is 0. The first-order valence-corrected chi connectivity index (χ1v) is 12.1. The molecule has 0 aromatic heterocycles. The number of carbonyl (C=O) groups excluding carboxylic acids is 1. The first-order chi connectivity index (χ1) is 14.3. The summed E-state index contributed by atoms with van der Waals surface area (Å²) in [6.45, 7) is 10.6. The van der Waals surface area contributed by atoms with Crippen LogP contribution in [0.5, 0.6) is 0 Å². The van der Waals surface area contributed by atoms with Gasteiger partial charge in [0.2, 0.25) is 0 Å². The van der Waals surface area contributed by atoms with Crippen LogP contribution in [0.2, 0.25) is 0 Å². The van der Waals surface area contributed by atoms with E-state index in [1.165, 1.54) is 38.5 Å². The normalized spacial score (nSPS) is 30.4. The number of hydrogen-bond donors (Lipinski definition) is 1. The van der Waals surface area contributed by atoms with Gasteiger partial charge in [0.1, 0.15) is 0 Å². The molecule has 3 unspecified atom stereocenters. The van der Waals surface area contributed by atoms with Crippen LogP contribution < -0.4 is 5.32 Å². The van der Waals surface area contributed by atoms with E-state index in [1.807, 2.05) is 31.2 Å². The number of benzene rings is 1. The Morgan fingerprint density at radius 1 is 1.13 bits per heavy atom. The van der Waals surface area contributed by atoms with E-state index in [-0.39, 0.29) is 11.4 Å². The lowest BCUT2D eigenvalue weighted by atomic mass is 9.70. The molecule has 2 amide bonds. The predicted molar refractivity (Wildman–Crippen MR) is 123 cm³/mol. The summed E-state index contributed by atoms with van der Waals surface area (Å²) in [5.41, 5.74) is 2.65. The molecule has 0 spiro atoms. The molecule has 1 aromatic rings. The van der Waals surface area contributed by atoms with Crippen molar-refractivity contribution in [1.29, 1.82) is 0 Å². The molecule has 4 rings (SSSR count). The van der Waals surface area contributed by atoms with Gasteiger partial charge >= 0.3 is 6.03 Å². The molecule has 2 bridgehead atoms. The molecule has 3 fully saturated rings. The van der Waals surface area contributed by atoms with Gasteiger partial charge in [-0.25, -0.2) is 4.79 Å². The van der Waals surface area contributed by atoms with Crippen LogP contribution in [0.3, 0.4) is 0 Å². The quantitative estimate of drug-likeness (QED) is 0.588. The van der Waals surface area contributed by atoms with Gasteiger partial charge in [0, 0.05) is 18.3 Å². The Hall–Kier alpha value is -1.55. The zero-order valence-corrected chi connectivity index (χ0v) is 19.4. The number of hydrogen-bond acceptors (Lipinski definition) is 2. The number of aryl methyl sites for hydroxylation is 1. The molecule has 1 aromatic carbocycles. The second-order valence-electron chi connectivity index (χ2n) is 10.7. The third-order valence-corrected chi connectivity index (χ3v) is 9.03. The number of carbonyl (C=O) groups is 1. The minimum absolute atomic E-state index is 0.0271. The Morgan fingerprint density at radius 2 is 1.87 bits per heavy atom. The summed E-state index contributed by atoms with van der Waals surface area (Å²) in [6.07, 6.45) is 10.1. The number of amides is 2. The van der Waals surface area contributed by atoms with E-state index in [9.17, 15) is 4.79 Å². The van der Waals surface area contributed by atoms with Crippen LogP contribution in [0.15, 0.2) is 24.3 Å². The van der Waals surface area contributed by atoms with Crippen LogP contribution in [0.4, 0.5) is 10.5 Å². The van der Waals surface area contributed by atoms with E-state index in [4.69, 9.17) is 4.74 Å². The summed E-state index contributed by atoms with van der Waals surface area (Å²) in [4.78, 5) is 15.3. The molecule has 3 saturated carbocycles. The Kier molecular flexibility index (Phi) is 6.16. The number of ether oxygens (including phenoxy) is 1. The Morgan fingerprint density at radius 3 is 2.50 bits per heavy atom. The Bertz CT molecular complexity index is 755. The van der Waals surface area contributed by atoms with Gasteiger partial charge in [-0.3, -0.25) is 0 Å². The highest BCUT2D eigenvalue weighted by molar-refractivity contribution is 5.90. The van der Waals surface area contributed by atoms with Crippen molar-refractivity contribution in [3.05, 3.63) is 29.8 Å². The fourth-order valence-corrected chi connectivity index (χ4v) is 6.42. The second-order valence-corrected chi connectivity index (χ2v) is 10.7. The maximum Gasteiger partial charge on any atom is 0.322 e. The predicted octanol–water partition coefficient (Wildman–Crippen LogP) is 6.39. The molecule has 1 N–H and O–H groups in total. The van der Waals surface area contributed by atoms with Crippen LogP contribution in [-0.4, -0.2) is 36.2 Å². The second kappa shape index (κ2) is 8.53. The van der Waals surface area contributed by atoms with E-state index >= 15 is 0 Å². The highest BCUT2D eigenvalue weighted by atomic mass is 16.5. The number of fused-ring (bicyclic) bond motifs is 2. The minimum Gasteiger partial charge on any atom is -0.376 e. The molecule has 0 heterocycles. The van der Waals surface area contributed by atoms with E-state index in [0.717, 1.165) is 30.0 Å². The summed E-state index contributed by atoms with van der Waals surface area (Å²) in [6, 6.07) is 8.38. The molecule has 3 atom stereocenters. The molecule has 30 heavy (non-hydrogen) atoms. The maximum atomic E-state index is 13.2. The SMILES string of the molecule is Cc1ccccc1NC(=O)N(CCOC1CC2CCC1(C)C2(C)C)C1CCCCC1. The van der Waals surface area contributed by atoms with Crippen LogP contribution in [0.25, 0.3) is 0 Å². The number of anilines is 1. The zero-order chi connectivity index (χ0) is 21.4. The highest BCUT2D eigenvalue weighted by Crippen LogP contribution is 2.66. The van der Waals surface area contributed by atoms with Crippen LogP contribution in [-0.2, 0) is 4.74 Å². The summed E-state index contributed by atoms with van der Waals surface area (Å²) in [7, 11) is 0. The van der Waals surface area contributed by atoms with Gasteiger partial charge in [-0.15, -0.1) is 0 Å². The van der Waals surface area contributed by atoms with Gasteiger partial charge < -0.3 is 15.0 Å². The molecule has 4 heteroatoms. The van der Waals surface area contributed by atoms with Crippen LogP contribution in [0, 0.1) is 23.7 Å². The molecule has 3 aliphatic rings. The average Bonchev–Trinajstić information content (AvgIpc) is 3.07. The number of rotatable bonds is 6. The molecule has 0 saturated heterocycles. The van der Waals surface area contributed by atoms with E-state index in [1.54, 1.807) is 0 Å². The summed E-state index contributed by atoms with van der Waals surface area (Å²) in [5, 5.41) is 3.17. The Balaban J connectivity index is 1.39. The van der Waals surface area contributed by atoms with E-state index in [2.05, 4.69) is 31.0 Å². The van der Waals surface area contributed by atoms with Crippen molar-refractivity contribution in [2.75, 3.05) is 18.5 Å².